The molecule has 0 heterocycles. The van der Waals surface area contributed by atoms with Gasteiger partial charge in [0.05, 0.1) is 0 Å². The first-order chi connectivity index (χ1) is 12.0. The lowest BCUT2D eigenvalue weighted by atomic mass is 9.75. The van der Waals surface area contributed by atoms with Crippen molar-refractivity contribution in [1.29, 1.82) is 0 Å². The zero-order valence-electron chi connectivity index (χ0n) is 13.3. The highest BCUT2D eigenvalue weighted by Gasteiger charge is 2.59. The molecule has 0 N–H and O–H groups in total. The summed E-state index contributed by atoms with van der Waals surface area (Å²) >= 11 is 0. The minimum atomic E-state index is -4.44. The summed E-state index contributed by atoms with van der Waals surface area (Å²) in [5.74, 6) is 0. The fraction of sp³-hybridized carbons (Fsp3) is 0.0909. The van der Waals surface area contributed by atoms with Crippen LogP contribution in [0.15, 0.2) is 91.0 Å². The molecule has 1 atom stereocenters. The van der Waals surface area contributed by atoms with E-state index in [-0.39, 0.29) is 11.1 Å². The maximum absolute atomic E-state index is 14.4. The molecule has 0 saturated heterocycles. The predicted octanol–water partition coefficient (Wildman–Crippen LogP) is 5.98. The van der Waals surface area contributed by atoms with Gasteiger partial charge in [0, 0.05) is 0 Å². The van der Waals surface area contributed by atoms with Crippen LogP contribution in [0.1, 0.15) is 22.3 Å². The third-order valence-corrected chi connectivity index (χ3v) is 4.76. The fourth-order valence-corrected chi connectivity index (χ4v) is 3.63. The summed E-state index contributed by atoms with van der Waals surface area (Å²) in [4.78, 5) is 0. The molecule has 1 aliphatic carbocycles. The summed E-state index contributed by atoms with van der Waals surface area (Å²) in [7, 11) is 0. The van der Waals surface area contributed by atoms with Crippen LogP contribution in [0.2, 0.25) is 0 Å². The number of allylic oxidation sites excluding steroid dienone is 1. The van der Waals surface area contributed by atoms with Crippen LogP contribution in [0, 0.1) is 0 Å². The van der Waals surface area contributed by atoms with Crippen molar-refractivity contribution < 1.29 is 13.2 Å². The first-order valence-electron chi connectivity index (χ1n) is 8.04. The van der Waals surface area contributed by atoms with Crippen LogP contribution in [0.25, 0.3) is 5.57 Å². The maximum atomic E-state index is 14.4. The standard InChI is InChI=1S/C22H15F3/c23-22(24,25)21(17-11-5-2-6-12-17)15-19(16-9-3-1-4-10-16)18-13-7-8-14-20(18)21/h1-15H. The number of fused-ring (bicyclic) bond motifs is 1. The van der Waals surface area contributed by atoms with Gasteiger partial charge in [-0.2, -0.15) is 13.2 Å². The molecular formula is C22H15F3. The third kappa shape index (κ3) is 2.30. The molecule has 0 radical (unpaired) electrons. The highest BCUT2D eigenvalue weighted by molar-refractivity contribution is 5.88. The average Bonchev–Trinajstić information content (AvgIpc) is 3.00. The number of halogens is 3. The summed E-state index contributed by atoms with van der Waals surface area (Å²) in [5, 5.41) is 0. The van der Waals surface area contributed by atoms with Crippen molar-refractivity contribution in [1.82, 2.24) is 0 Å². The second-order valence-corrected chi connectivity index (χ2v) is 6.14. The number of rotatable bonds is 2. The lowest BCUT2D eigenvalue weighted by Gasteiger charge is -2.32. The molecule has 0 fully saturated rings. The molecule has 3 aromatic carbocycles. The van der Waals surface area contributed by atoms with Crippen molar-refractivity contribution in [2.45, 2.75) is 11.6 Å². The van der Waals surface area contributed by atoms with E-state index in [9.17, 15) is 13.2 Å². The van der Waals surface area contributed by atoms with Crippen molar-refractivity contribution in [2.24, 2.45) is 0 Å². The Morgan fingerprint density at radius 1 is 0.640 bits per heavy atom. The highest BCUT2D eigenvalue weighted by Crippen LogP contribution is 2.55. The van der Waals surface area contributed by atoms with Gasteiger partial charge in [-0.05, 0) is 27.8 Å². The van der Waals surface area contributed by atoms with E-state index >= 15 is 0 Å². The van der Waals surface area contributed by atoms with E-state index < -0.39 is 11.6 Å². The van der Waals surface area contributed by atoms with Gasteiger partial charge in [-0.3, -0.25) is 0 Å². The molecule has 1 unspecified atom stereocenters. The Hall–Kier alpha value is -2.81. The molecule has 4 rings (SSSR count). The third-order valence-electron chi connectivity index (χ3n) is 4.76. The molecule has 3 heteroatoms. The normalized spacial score (nSPS) is 19.4. The highest BCUT2D eigenvalue weighted by atomic mass is 19.4. The summed E-state index contributed by atoms with van der Waals surface area (Å²) < 4.78 is 43.3. The molecular weight excluding hydrogens is 321 g/mol. The largest absolute Gasteiger partial charge is 0.405 e. The predicted molar refractivity (Wildman–Crippen MR) is 93.2 cm³/mol. The van der Waals surface area contributed by atoms with E-state index in [4.69, 9.17) is 0 Å². The smallest absolute Gasteiger partial charge is 0.169 e. The molecule has 124 valence electrons. The van der Waals surface area contributed by atoms with E-state index in [0.29, 0.717) is 11.1 Å². The van der Waals surface area contributed by atoms with Crippen LogP contribution >= 0.6 is 0 Å². The molecule has 25 heavy (non-hydrogen) atoms. The van der Waals surface area contributed by atoms with Gasteiger partial charge in [0.15, 0.2) is 0 Å². The molecule has 0 aromatic heterocycles. The Bertz CT molecular complexity index is 924. The first-order valence-corrected chi connectivity index (χ1v) is 8.04. The van der Waals surface area contributed by atoms with Crippen molar-refractivity contribution in [3.05, 3.63) is 113 Å². The molecule has 0 amide bonds. The van der Waals surface area contributed by atoms with Crippen molar-refractivity contribution in [3.63, 3.8) is 0 Å². The van der Waals surface area contributed by atoms with Crippen LogP contribution in [-0.4, -0.2) is 6.18 Å². The van der Waals surface area contributed by atoms with Gasteiger partial charge in [-0.15, -0.1) is 0 Å². The molecule has 3 aromatic rings. The first kappa shape index (κ1) is 15.7. The summed E-state index contributed by atoms with van der Waals surface area (Å²) in [6.07, 6.45) is -3.07. The van der Waals surface area contributed by atoms with Gasteiger partial charge in [0.2, 0.25) is 0 Å². The second kappa shape index (κ2) is 5.62. The average molecular weight is 336 g/mol. The number of hydrogen-bond acceptors (Lipinski definition) is 0. The summed E-state index contributed by atoms with van der Waals surface area (Å²) in [5.41, 5.74) is 0.438. The molecule has 0 spiro atoms. The Kier molecular flexibility index (Phi) is 3.53. The Morgan fingerprint density at radius 3 is 1.84 bits per heavy atom. The molecule has 1 aliphatic rings. The van der Waals surface area contributed by atoms with Crippen LogP contribution in [0.3, 0.4) is 0 Å². The van der Waals surface area contributed by atoms with Crippen LogP contribution < -0.4 is 0 Å². The fourth-order valence-electron chi connectivity index (χ4n) is 3.63. The summed E-state index contributed by atoms with van der Waals surface area (Å²) in [6.45, 7) is 0. The van der Waals surface area contributed by atoms with E-state index in [0.717, 1.165) is 5.56 Å². The van der Waals surface area contributed by atoms with Gasteiger partial charge < -0.3 is 0 Å². The molecule has 0 bridgehead atoms. The number of hydrogen-bond donors (Lipinski definition) is 0. The van der Waals surface area contributed by atoms with Crippen LogP contribution in [0.4, 0.5) is 13.2 Å². The van der Waals surface area contributed by atoms with Crippen molar-refractivity contribution in [2.75, 3.05) is 0 Å². The Morgan fingerprint density at radius 2 is 1.20 bits per heavy atom. The minimum Gasteiger partial charge on any atom is -0.169 e. The van der Waals surface area contributed by atoms with Gasteiger partial charge in [0.1, 0.15) is 5.41 Å². The quantitative estimate of drug-likeness (QED) is 0.540. The zero-order valence-corrected chi connectivity index (χ0v) is 13.3. The molecule has 0 nitrogen and oxygen atoms in total. The lowest BCUT2D eigenvalue weighted by molar-refractivity contribution is -0.163. The van der Waals surface area contributed by atoms with Gasteiger partial charge >= 0.3 is 6.18 Å². The van der Waals surface area contributed by atoms with Gasteiger partial charge in [-0.1, -0.05) is 91.0 Å². The van der Waals surface area contributed by atoms with Crippen LogP contribution in [0.5, 0.6) is 0 Å². The van der Waals surface area contributed by atoms with E-state index in [2.05, 4.69) is 0 Å². The molecule has 0 aliphatic heterocycles. The van der Waals surface area contributed by atoms with Crippen molar-refractivity contribution >= 4 is 5.57 Å². The second-order valence-electron chi connectivity index (χ2n) is 6.14. The monoisotopic (exact) mass is 336 g/mol. The van der Waals surface area contributed by atoms with E-state index in [1.165, 1.54) is 6.08 Å². The number of alkyl halides is 3. The Labute approximate surface area is 144 Å². The SMILES string of the molecule is FC(F)(F)C1(c2ccccc2)C=C(c2ccccc2)c2ccccc21. The topological polar surface area (TPSA) is 0 Å². The zero-order chi connectivity index (χ0) is 17.5. The van der Waals surface area contributed by atoms with Gasteiger partial charge in [0.25, 0.3) is 0 Å². The van der Waals surface area contributed by atoms with Crippen LogP contribution in [-0.2, 0) is 5.41 Å². The number of benzene rings is 3. The van der Waals surface area contributed by atoms with Crippen molar-refractivity contribution in [3.8, 4) is 0 Å². The van der Waals surface area contributed by atoms with Gasteiger partial charge in [-0.25, -0.2) is 0 Å². The van der Waals surface area contributed by atoms with E-state index in [1.807, 2.05) is 30.3 Å². The minimum absolute atomic E-state index is 0.237. The Balaban J connectivity index is 2.07. The summed E-state index contributed by atoms with van der Waals surface area (Å²) in [6, 6.07) is 24.2. The molecule has 0 saturated carbocycles. The van der Waals surface area contributed by atoms with E-state index in [1.54, 1.807) is 54.6 Å². The lowest BCUT2D eigenvalue weighted by Crippen LogP contribution is -2.40. The maximum Gasteiger partial charge on any atom is 0.405 e.